The molecule has 0 unspecified atom stereocenters. The predicted octanol–water partition coefficient (Wildman–Crippen LogP) is 1.57. The van der Waals surface area contributed by atoms with Crippen molar-refractivity contribution in [2.75, 3.05) is 25.2 Å². The van der Waals surface area contributed by atoms with E-state index in [1.54, 1.807) is 0 Å². The Kier molecular flexibility index (Phi) is 5.54. The summed E-state index contributed by atoms with van der Waals surface area (Å²) < 4.78 is 10.2. The van der Waals surface area contributed by atoms with Gasteiger partial charge in [-0.2, -0.15) is 0 Å². The molecule has 0 aliphatic carbocycles. The molecule has 6 heteroatoms. The zero-order valence-electron chi connectivity index (χ0n) is 12.1. The Morgan fingerprint density at radius 3 is 2.63 bits per heavy atom. The molecular formula is C13H21N3O3. The van der Waals surface area contributed by atoms with Crippen molar-refractivity contribution in [3.05, 3.63) is 11.9 Å². The lowest BCUT2D eigenvalue weighted by Crippen LogP contribution is -2.37. The Bertz CT molecular complexity index is 435. The van der Waals surface area contributed by atoms with E-state index >= 15 is 0 Å². The molecule has 1 aromatic rings. The van der Waals surface area contributed by atoms with Gasteiger partial charge in [0, 0.05) is 6.04 Å². The molecular weight excluding hydrogens is 246 g/mol. The Hall–Kier alpha value is -1.85. The molecule has 0 N–H and O–H groups in total. The van der Waals surface area contributed by atoms with Crippen LogP contribution < -0.4 is 9.64 Å². The minimum absolute atomic E-state index is 0.113. The van der Waals surface area contributed by atoms with Gasteiger partial charge in [0.05, 0.1) is 19.3 Å². The molecule has 0 aliphatic rings. The van der Waals surface area contributed by atoms with Crippen molar-refractivity contribution >= 4 is 11.8 Å². The molecule has 19 heavy (non-hydrogen) atoms. The highest BCUT2D eigenvalue weighted by atomic mass is 16.5. The molecule has 0 radical (unpaired) electrons. The second-order valence-corrected chi connectivity index (χ2v) is 4.36. The first-order chi connectivity index (χ1) is 9.01. The summed E-state index contributed by atoms with van der Waals surface area (Å²) in [4.78, 5) is 21.7. The van der Waals surface area contributed by atoms with E-state index < -0.39 is 0 Å². The Morgan fingerprint density at radius 2 is 2.11 bits per heavy atom. The number of anilines is 1. The standard InChI is InChI=1S/C13H21N3O3/c1-6-19-13-10(4)12(14-8-15-13)16(9(2)3)7-11(17)18-5/h8-9H,6-7H2,1-5H3. The summed E-state index contributed by atoms with van der Waals surface area (Å²) in [5.41, 5.74) is 0.821. The molecule has 0 spiro atoms. The zero-order valence-corrected chi connectivity index (χ0v) is 12.1. The van der Waals surface area contributed by atoms with Crippen molar-refractivity contribution in [1.29, 1.82) is 0 Å². The van der Waals surface area contributed by atoms with Crippen molar-refractivity contribution in [3.63, 3.8) is 0 Å². The third-order valence-corrected chi connectivity index (χ3v) is 2.71. The van der Waals surface area contributed by atoms with Gasteiger partial charge in [-0.1, -0.05) is 0 Å². The lowest BCUT2D eigenvalue weighted by Gasteiger charge is -2.28. The molecule has 1 heterocycles. The monoisotopic (exact) mass is 267 g/mol. The maximum absolute atomic E-state index is 11.5. The summed E-state index contributed by atoms with van der Waals surface area (Å²) >= 11 is 0. The minimum Gasteiger partial charge on any atom is -0.478 e. The molecule has 106 valence electrons. The van der Waals surface area contributed by atoms with Gasteiger partial charge in [-0.15, -0.1) is 0 Å². The topological polar surface area (TPSA) is 64.6 Å². The largest absolute Gasteiger partial charge is 0.478 e. The maximum Gasteiger partial charge on any atom is 0.325 e. The fraction of sp³-hybridized carbons (Fsp3) is 0.615. The minimum atomic E-state index is -0.301. The van der Waals surface area contributed by atoms with Gasteiger partial charge in [0.2, 0.25) is 5.88 Å². The van der Waals surface area contributed by atoms with Crippen LogP contribution in [0.15, 0.2) is 6.33 Å². The van der Waals surface area contributed by atoms with E-state index in [2.05, 4.69) is 9.97 Å². The molecule has 0 saturated carbocycles. The summed E-state index contributed by atoms with van der Waals surface area (Å²) in [6, 6.07) is 0.113. The number of aromatic nitrogens is 2. The quantitative estimate of drug-likeness (QED) is 0.729. The number of hydrogen-bond acceptors (Lipinski definition) is 6. The normalized spacial score (nSPS) is 10.4. The number of rotatable bonds is 6. The summed E-state index contributed by atoms with van der Waals surface area (Å²) in [6.07, 6.45) is 1.44. The molecule has 1 aromatic heterocycles. The number of methoxy groups -OCH3 is 1. The van der Waals surface area contributed by atoms with Crippen molar-refractivity contribution < 1.29 is 14.3 Å². The van der Waals surface area contributed by atoms with Crippen LogP contribution in [-0.4, -0.2) is 42.2 Å². The van der Waals surface area contributed by atoms with E-state index in [9.17, 15) is 4.79 Å². The Labute approximate surface area is 113 Å². The van der Waals surface area contributed by atoms with Crippen LogP contribution in [0.1, 0.15) is 26.3 Å². The number of ether oxygens (including phenoxy) is 2. The van der Waals surface area contributed by atoms with Crippen LogP contribution in [0.4, 0.5) is 5.82 Å². The Balaban J connectivity index is 3.08. The second kappa shape index (κ2) is 6.92. The molecule has 0 aliphatic heterocycles. The smallest absolute Gasteiger partial charge is 0.325 e. The van der Waals surface area contributed by atoms with E-state index in [-0.39, 0.29) is 18.6 Å². The molecule has 0 bridgehead atoms. The van der Waals surface area contributed by atoms with E-state index in [1.807, 2.05) is 32.6 Å². The van der Waals surface area contributed by atoms with Crippen LogP contribution in [0.5, 0.6) is 5.88 Å². The van der Waals surface area contributed by atoms with E-state index in [0.29, 0.717) is 18.3 Å². The van der Waals surface area contributed by atoms with Crippen molar-refractivity contribution in [2.24, 2.45) is 0 Å². The first-order valence-corrected chi connectivity index (χ1v) is 6.29. The highest BCUT2D eigenvalue weighted by molar-refractivity contribution is 5.75. The van der Waals surface area contributed by atoms with Crippen LogP contribution >= 0.6 is 0 Å². The molecule has 0 saturated heterocycles. The Morgan fingerprint density at radius 1 is 1.42 bits per heavy atom. The van der Waals surface area contributed by atoms with E-state index in [0.717, 1.165) is 5.56 Å². The van der Waals surface area contributed by atoms with Crippen molar-refractivity contribution in [2.45, 2.75) is 33.7 Å². The molecule has 0 atom stereocenters. The average Bonchev–Trinajstić information content (AvgIpc) is 2.38. The van der Waals surface area contributed by atoms with Gasteiger partial charge < -0.3 is 14.4 Å². The van der Waals surface area contributed by atoms with Crippen LogP contribution in [0.2, 0.25) is 0 Å². The first kappa shape index (κ1) is 15.2. The van der Waals surface area contributed by atoms with Crippen LogP contribution in [0.25, 0.3) is 0 Å². The average molecular weight is 267 g/mol. The van der Waals surface area contributed by atoms with Crippen molar-refractivity contribution in [1.82, 2.24) is 9.97 Å². The number of esters is 1. The summed E-state index contributed by atoms with van der Waals surface area (Å²) in [5.74, 6) is 0.937. The molecule has 1 rings (SSSR count). The van der Waals surface area contributed by atoms with E-state index in [1.165, 1.54) is 13.4 Å². The van der Waals surface area contributed by atoms with Gasteiger partial charge in [-0.05, 0) is 27.7 Å². The molecule has 6 nitrogen and oxygen atoms in total. The maximum atomic E-state index is 11.5. The van der Waals surface area contributed by atoms with E-state index in [4.69, 9.17) is 9.47 Å². The fourth-order valence-electron chi connectivity index (χ4n) is 1.70. The summed E-state index contributed by atoms with van der Waals surface area (Å²) in [6.45, 7) is 8.45. The van der Waals surface area contributed by atoms with Crippen LogP contribution in [0.3, 0.4) is 0 Å². The highest BCUT2D eigenvalue weighted by Gasteiger charge is 2.20. The first-order valence-electron chi connectivity index (χ1n) is 6.29. The third kappa shape index (κ3) is 3.81. The predicted molar refractivity (Wildman–Crippen MR) is 72.4 cm³/mol. The van der Waals surface area contributed by atoms with Gasteiger partial charge in [-0.25, -0.2) is 9.97 Å². The molecule has 0 amide bonds. The molecule has 0 fully saturated rings. The number of nitrogens with zero attached hydrogens (tertiary/aromatic N) is 3. The summed E-state index contributed by atoms with van der Waals surface area (Å²) in [7, 11) is 1.37. The number of hydrogen-bond donors (Lipinski definition) is 0. The summed E-state index contributed by atoms with van der Waals surface area (Å²) in [5, 5.41) is 0. The lowest BCUT2D eigenvalue weighted by atomic mass is 10.2. The number of carbonyl (C=O) groups is 1. The van der Waals surface area contributed by atoms with Crippen LogP contribution in [0, 0.1) is 6.92 Å². The van der Waals surface area contributed by atoms with Crippen molar-refractivity contribution in [3.8, 4) is 5.88 Å². The third-order valence-electron chi connectivity index (χ3n) is 2.71. The van der Waals surface area contributed by atoms with Gasteiger partial charge in [0.25, 0.3) is 0 Å². The van der Waals surface area contributed by atoms with Gasteiger partial charge >= 0.3 is 5.97 Å². The molecule has 0 aromatic carbocycles. The fourth-order valence-corrected chi connectivity index (χ4v) is 1.70. The number of carbonyl (C=O) groups excluding carboxylic acids is 1. The van der Waals surface area contributed by atoms with Crippen LogP contribution in [-0.2, 0) is 9.53 Å². The lowest BCUT2D eigenvalue weighted by molar-refractivity contribution is -0.139. The van der Waals surface area contributed by atoms with Gasteiger partial charge in [-0.3, -0.25) is 4.79 Å². The second-order valence-electron chi connectivity index (χ2n) is 4.36. The van der Waals surface area contributed by atoms with Gasteiger partial charge in [0.1, 0.15) is 18.7 Å². The highest BCUT2D eigenvalue weighted by Crippen LogP contribution is 2.25. The van der Waals surface area contributed by atoms with Gasteiger partial charge in [0.15, 0.2) is 0 Å². The SMILES string of the molecule is CCOc1ncnc(N(CC(=O)OC)C(C)C)c1C. The zero-order chi connectivity index (χ0) is 14.4.